The molecule has 5 nitrogen and oxygen atoms in total. The van der Waals surface area contributed by atoms with E-state index in [4.69, 9.17) is 16.6 Å². The SMILES string of the molecule is Cc1ccc2cc(CN(Cc3ccco3)C(=S)NC3CCCCC3)c(=O)[nH]c2c1. The number of aromatic amines is 1. The smallest absolute Gasteiger partial charge is 0.253 e. The van der Waals surface area contributed by atoms with Gasteiger partial charge in [0.05, 0.1) is 19.4 Å². The third kappa shape index (κ3) is 4.88. The van der Waals surface area contributed by atoms with E-state index in [2.05, 4.69) is 16.4 Å². The lowest BCUT2D eigenvalue weighted by atomic mass is 9.96. The molecule has 2 aromatic heterocycles. The Morgan fingerprint density at radius 3 is 2.79 bits per heavy atom. The Morgan fingerprint density at radius 2 is 2.03 bits per heavy atom. The van der Waals surface area contributed by atoms with Gasteiger partial charge >= 0.3 is 0 Å². The molecule has 3 aromatic rings. The number of H-pyrrole nitrogens is 1. The lowest BCUT2D eigenvalue weighted by Crippen LogP contribution is -2.45. The number of aryl methyl sites for hydroxylation is 1. The first-order valence-electron chi connectivity index (χ1n) is 10.3. The van der Waals surface area contributed by atoms with Crippen molar-refractivity contribution in [1.29, 1.82) is 0 Å². The van der Waals surface area contributed by atoms with Crippen molar-refractivity contribution in [2.75, 3.05) is 0 Å². The van der Waals surface area contributed by atoms with Gasteiger partial charge in [0, 0.05) is 17.1 Å². The number of pyridine rings is 1. The third-order valence-corrected chi connectivity index (χ3v) is 5.96. The highest BCUT2D eigenvalue weighted by molar-refractivity contribution is 7.80. The van der Waals surface area contributed by atoms with Crippen LogP contribution in [0.25, 0.3) is 10.9 Å². The van der Waals surface area contributed by atoms with Crippen LogP contribution in [0.2, 0.25) is 0 Å². The number of thiocarbonyl (C=S) groups is 1. The fraction of sp³-hybridized carbons (Fsp3) is 0.391. The molecule has 2 heterocycles. The van der Waals surface area contributed by atoms with Crippen LogP contribution in [0.5, 0.6) is 0 Å². The number of nitrogens with one attached hydrogen (secondary N) is 2. The van der Waals surface area contributed by atoms with Gasteiger partial charge in [0.2, 0.25) is 0 Å². The van der Waals surface area contributed by atoms with Crippen LogP contribution in [0, 0.1) is 6.92 Å². The first kappa shape index (κ1) is 19.7. The molecule has 0 saturated heterocycles. The van der Waals surface area contributed by atoms with E-state index < -0.39 is 0 Å². The van der Waals surface area contributed by atoms with Gasteiger partial charge in [0.1, 0.15) is 5.76 Å². The topological polar surface area (TPSA) is 61.3 Å². The Hall–Kier alpha value is -2.60. The van der Waals surface area contributed by atoms with Crippen LogP contribution in [-0.2, 0) is 13.1 Å². The molecule has 29 heavy (non-hydrogen) atoms. The number of hydrogen-bond acceptors (Lipinski definition) is 3. The van der Waals surface area contributed by atoms with E-state index in [0.29, 0.717) is 29.8 Å². The second-order valence-electron chi connectivity index (χ2n) is 7.93. The van der Waals surface area contributed by atoms with Crippen LogP contribution in [0.1, 0.15) is 49.0 Å². The van der Waals surface area contributed by atoms with Crippen molar-refractivity contribution in [3.63, 3.8) is 0 Å². The Morgan fingerprint density at radius 1 is 1.21 bits per heavy atom. The largest absolute Gasteiger partial charge is 0.467 e. The molecule has 152 valence electrons. The first-order valence-corrected chi connectivity index (χ1v) is 10.7. The standard InChI is InChI=1S/C23H27N3O2S/c1-16-9-10-17-13-18(22(27)25-21(17)12-16)14-26(15-20-8-5-11-28-20)23(29)24-19-6-3-2-4-7-19/h5,8-13,19H,2-4,6-7,14-15H2,1H3,(H,24,29)(H,25,27). The zero-order chi connectivity index (χ0) is 20.2. The van der Waals surface area contributed by atoms with Crippen LogP contribution in [0.3, 0.4) is 0 Å². The zero-order valence-electron chi connectivity index (χ0n) is 16.7. The number of aromatic nitrogens is 1. The predicted molar refractivity (Wildman–Crippen MR) is 120 cm³/mol. The molecule has 0 aliphatic heterocycles. The molecule has 0 radical (unpaired) electrons. The summed E-state index contributed by atoms with van der Waals surface area (Å²) in [5.41, 5.74) is 2.60. The van der Waals surface area contributed by atoms with Crippen molar-refractivity contribution < 1.29 is 4.42 Å². The lowest BCUT2D eigenvalue weighted by Gasteiger charge is -2.30. The van der Waals surface area contributed by atoms with Gasteiger partial charge in [0.25, 0.3) is 5.56 Å². The molecule has 2 N–H and O–H groups in total. The summed E-state index contributed by atoms with van der Waals surface area (Å²) < 4.78 is 5.54. The second kappa shape index (κ2) is 8.82. The number of fused-ring (bicyclic) bond motifs is 1. The molecule has 1 fully saturated rings. The van der Waals surface area contributed by atoms with Gasteiger partial charge in [0.15, 0.2) is 5.11 Å². The average Bonchev–Trinajstić information content (AvgIpc) is 3.22. The van der Waals surface area contributed by atoms with E-state index >= 15 is 0 Å². The van der Waals surface area contributed by atoms with Crippen LogP contribution < -0.4 is 10.9 Å². The summed E-state index contributed by atoms with van der Waals surface area (Å²) in [5.74, 6) is 0.825. The summed E-state index contributed by atoms with van der Waals surface area (Å²) in [6.45, 7) is 2.97. The molecule has 0 amide bonds. The minimum Gasteiger partial charge on any atom is -0.467 e. The minimum atomic E-state index is -0.0759. The fourth-order valence-electron chi connectivity index (χ4n) is 3.99. The molecule has 0 spiro atoms. The Labute approximate surface area is 176 Å². The van der Waals surface area contributed by atoms with Gasteiger partial charge in [-0.05, 0) is 67.2 Å². The number of furan rings is 1. The Balaban J connectivity index is 1.58. The highest BCUT2D eigenvalue weighted by atomic mass is 32.1. The molecule has 6 heteroatoms. The van der Waals surface area contributed by atoms with Crippen molar-refractivity contribution in [1.82, 2.24) is 15.2 Å². The second-order valence-corrected chi connectivity index (χ2v) is 8.32. The molecule has 1 saturated carbocycles. The molecule has 0 bridgehead atoms. The van der Waals surface area contributed by atoms with Crippen LogP contribution >= 0.6 is 12.2 Å². The Kier molecular flexibility index (Phi) is 6.00. The van der Waals surface area contributed by atoms with Crippen molar-refractivity contribution in [2.45, 2.75) is 58.2 Å². The van der Waals surface area contributed by atoms with Crippen LogP contribution in [-0.4, -0.2) is 21.0 Å². The van der Waals surface area contributed by atoms with E-state index in [-0.39, 0.29) is 5.56 Å². The van der Waals surface area contributed by atoms with E-state index in [1.165, 1.54) is 19.3 Å². The fourth-order valence-corrected chi connectivity index (χ4v) is 4.28. The number of rotatable bonds is 5. The molecular weight excluding hydrogens is 382 g/mol. The predicted octanol–water partition coefficient (Wildman–Crippen LogP) is 4.64. The van der Waals surface area contributed by atoms with Crippen molar-refractivity contribution in [2.24, 2.45) is 0 Å². The summed E-state index contributed by atoms with van der Waals surface area (Å²) in [6, 6.07) is 12.3. The van der Waals surface area contributed by atoms with E-state index in [9.17, 15) is 4.79 Å². The summed E-state index contributed by atoms with van der Waals surface area (Å²) in [7, 11) is 0. The summed E-state index contributed by atoms with van der Waals surface area (Å²) in [4.78, 5) is 17.8. The number of nitrogens with zero attached hydrogens (tertiary/aromatic N) is 1. The molecule has 0 unspecified atom stereocenters. The van der Waals surface area contributed by atoms with Gasteiger partial charge in [-0.25, -0.2) is 0 Å². The number of benzene rings is 1. The maximum absolute atomic E-state index is 12.7. The van der Waals surface area contributed by atoms with E-state index in [1.807, 2.05) is 42.2 Å². The third-order valence-electron chi connectivity index (χ3n) is 5.59. The summed E-state index contributed by atoms with van der Waals surface area (Å²) in [5, 5.41) is 5.22. The van der Waals surface area contributed by atoms with E-state index in [1.54, 1.807) is 6.26 Å². The lowest BCUT2D eigenvalue weighted by molar-refractivity contribution is 0.334. The molecule has 0 atom stereocenters. The maximum Gasteiger partial charge on any atom is 0.253 e. The molecule has 1 aromatic carbocycles. The van der Waals surface area contributed by atoms with Crippen molar-refractivity contribution in [3.8, 4) is 0 Å². The highest BCUT2D eigenvalue weighted by Crippen LogP contribution is 2.19. The monoisotopic (exact) mass is 409 g/mol. The maximum atomic E-state index is 12.7. The summed E-state index contributed by atoms with van der Waals surface area (Å²) in [6.07, 6.45) is 7.73. The average molecular weight is 410 g/mol. The molecule has 1 aliphatic rings. The zero-order valence-corrected chi connectivity index (χ0v) is 17.6. The van der Waals surface area contributed by atoms with Crippen LogP contribution in [0.15, 0.2) is 51.9 Å². The number of hydrogen-bond donors (Lipinski definition) is 2. The van der Waals surface area contributed by atoms with Crippen LogP contribution in [0.4, 0.5) is 0 Å². The van der Waals surface area contributed by atoms with Gasteiger partial charge < -0.3 is 19.6 Å². The quantitative estimate of drug-likeness (QED) is 0.601. The van der Waals surface area contributed by atoms with Gasteiger partial charge in [-0.2, -0.15) is 0 Å². The minimum absolute atomic E-state index is 0.0759. The molecular formula is C23H27N3O2S. The highest BCUT2D eigenvalue weighted by Gasteiger charge is 2.19. The van der Waals surface area contributed by atoms with Crippen molar-refractivity contribution >= 4 is 28.2 Å². The van der Waals surface area contributed by atoms with Gasteiger partial charge in [-0.1, -0.05) is 31.4 Å². The van der Waals surface area contributed by atoms with Gasteiger partial charge in [-0.15, -0.1) is 0 Å². The van der Waals surface area contributed by atoms with Gasteiger partial charge in [-0.3, -0.25) is 4.79 Å². The summed E-state index contributed by atoms with van der Waals surface area (Å²) >= 11 is 5.75. The Bertz CT molecular complexity index is 1040. The normalized spacial score (nSPS) is 14.8. The van der Waals surface area contributed by atoms with Crippen molar-refractivity contribution in [3.05, 3.63) is 69.9 Å². The first-order chi connectivity index (χ1) is 14.1. The molecule has 4 rings (SSSR count). The van der Waals surface area contributed by atoms with E-state index in [0.717, 1.165) is 35.1 Å². The molecule has 1 aliphatic carbocycles.